The molecule has 0 unspecified atom stereocenters. The van der Waals surface area contributed by atoms with Gasteiger partial charge in [0.15, 0.2) is 0 Å². The monoisotopic (exact) mass is 701 g/mol. The van der Waals surface area contributed by atoms with Crippen molar-refractivity contribution in [1.82, 2.24) is 0 Å². The van der Waals surface area contributed by atoms with Crippen LogP contribution in [0.1, 0.15) is 22.3 Å². The van der Waals surface area contributed by atoms with Crippen LogP contribution in [0.15, 0.2) is 217 Å². The Morgan fingerprint density at radius 3 is 1.76 bits per heavy atom. The van der Waals surface area contributed by atoms with Crippen LogP contribution >= 0.6 is 0 Å². The molecule has 10 aromatic rings. The maximum Gasteiger partial charge on any atom is 0.135 e. The predicted molar refractivity (Wildman–Crippen MR) is 229 cm³/mol. The molecule has 0 radical (unpaired) electrons. The molecule has 2 nitrogen and oxygen atoms in total. The number of anilines is 3. The van der Waals surface area contributed by atoms with Gasteiger partial charge in [-0.2, -0.15) is 0 Å². The van der Waals surface area contributed by atoms with Crippen molar-refractivity contribution in [2.75, 3.05) is 4.90 Å². The first-order valence-corrected chi connectivity index (χ1v) is 18.9. The van der Waals surface area contributed by atoms with Crippen LogP contribution in [-0.2, 0) is 5.41 Å². The normalized spacial score (nSPS) is 12.9. The van der Waals surface area contributed by atoms with Gasteiger partial charge in [0, 0.05) is 27.5 Å². The Morgan fingerprint density at radius 2 is 0.964 bits per heavy atom. The fraction of sp³-hybridized carbons (Fsp3) is 0.0189. The summed E-state index contributed by atoms with van der Waals surface area (Å²) >= 11 is 0. The highest BCUT2D eigenvalue weighted by molar-refractivity contribution is 6.06. The van der Waals surface area contributed by atoms with E-state index in [9.17, 15) is 0 Å². The molecule has 0 amide bonds. The second-order valence-electron chi connectivity index (χ2n) is 14.4. The molecular weight excluding hydrogens is 667 g/mol. The summed E-state index contributed by atoms with van der Waals surface area (Å²) in [5.74, 6) is 0. The minimum Gasteiger partial charge on any atom is -0.456 e. The first kappa shape index (κ1) is 31.4. The number of hydrogen-bond donors (Lipinski definition) is 0. The number of nitrogens with zero attached hydrogens (tertiary/aromatic N) is 1. The van der Waals surface area contributed by atoms with Gasteiger partial charge >= 0.3 is 0 Å². The number of benzene rings is 9. The summed E-state index contributed by atoms with van der Waals surface area (Å²) in [6.45, 7) is 0. The Morgan fingerprint density at radius 1 is 0.364 bits per heavy atom. The fourth-order valence-corrected chi connectivity index (χ4v) is 9.11. The molecule has 0 bridgehead atoms. The molecular formula is C53H35NO. The minimum atomic E-state index is -0.491. The molecule has 0 N–H and O–H groups in total. The molecule has 2 heteroatoms. The molecule has 0 spiro atoms. The molecule has 0 saturated heterocycles. The smallest absolute Gasteiger partial charge is 0.135 e. The van der Waals surface area contributed by atoms with Gasteiger partial charge in [-0.1, -0.05) is 164 Å². The number of fused-ring (bicyclic) bond motifs is 7. The molecule has 1 aromatic heterocycles. The van der Waals surface area contributed by atoms with E-state index in [2.05, 4.69) is 205 Å². The van der Waals surface area contributed by atoms with Crippen molar-refractivity contribution in [3.8, 4) is 22.3 Å². The Kier molecular flexibility index (Phi) is 7.11. The first-order valence-electron chi connectivity index (χ1n) is 18.9. The van der Waals surface area contributed by atoms with Crippen LogP contribution in [0.4, 0.5) is 17.1 Å². The zero-order valence-corrected chi connectivity index (χ0v) is 30.1. The van der Waals surface area contributed by atoms with E-state index >= 15 is 0 Å². The van der Waals surface area contributed by atoms with Crippen LogP contribution in [0, 0.1) is 0 Å². The summed E-state index contributed by atoms with van der Waals surface area (Å²) in [6, 6.07) is 77.2. The van der Waals surface area contributed by atoms with Gasteiger partial charge < -0.3 is 9.32 Å². The Labute approximate surface area is 320 Å². The van der Waals surface area contributed by atoms with Crippen molar-refractivity contribution in [3.05, 3.63) is 235 Å². The van der Waals surface area contributed by atoms with E-state index in [0.29, 0.717) is 0 Å². The third kappa shape index (κ3) is 4.82. The van der Waals surface area contributed by atoms with Crippen LogP contribution in [0.2, 0.25) is 0 Å². The maximum absolute atomic E-state index is 6.14. The Hall–Kier alpha value is -7.16. The predicted octanol–water partition coefficient (Wildman–Crippen LogP) is 14.2. The van der Waals surface area contributed by atoms with Gasteiger partial charge in [-0.05, 0) is 98.4 Å². The largest absolute Gasteiger partial charge is 0.456 e. The van der Waals surface area contributed by atoms with Crippen molar-refractivity contribution < 1.29 is 4.42 Å². The van der Waals surface area contributed by atoms with Gasteiger partial charge in [-0.25, -0.2) is 0 Å². The molecule has 11 rings (SSSR count). The maximum atomic E-state index is 6.14. The molecule has 0 atom stereocenters. The second kappa shape index (κ2) is 12.5. The van der Waals surface area contributed by atoms with Crippen LogP contribution in [0.5, 0.6) is 0 Å². The summed E-state index contributed by atoms with van der Waals surface area (Å²) in [7, 11) is 0. The summed E-state index contributed by atoms with van der Waals surface area (Å²) in [5, 5.41) is 4.68. The number of hydrogen-bond acceptors (Lipinski definition) is 2. The molecule has 258 valence electrons. The molecule has 0 fully saturated rings. The third-order valence-electron chi connectivity index (χ3n) is 11.5. The lowest BCUT2D eigenvalue weighted by molar-refractivity contribution is 0.669. The van der Waals surface area contributed by atoms with E-state index in [4.69, 9.17) is 4.42 Å². The van der Waals surface area contributed by atoms with Gasteiger partial charge in [0.05, 0.1) is 11.1 Å². The summed E-state index contributed by atoms with van der Waals surface area (Å²) in [4.78, 5) is 2.43. The van der Waals surface area contributed by atoms with Gasteiger partial charge in [-0.3, -0.25) is 0 Å². The average molecular weight is 702 g/mol. The van der Waals surface area contributed by atoms with Crippen molar-refractivity contribution in [3.63, 3.8) is 0 Å². The van der Waals surface area contributed by atoms with Crippen molar-refractivity contribution in [1.29, 1.82) is 0 Å². The van der Waals surface area contributed by atoms with E-state index in [1.165, 1.54) is 44.2 Å². The van der Waals surface area contributed by atoms with E-state index in [-0.39, 0.29) is 0 Å². The van der Waals surface area contributed by atoms with E-state index in [1.807, 2.05) is 12.1 Å². The SMILES string of the molecule is c1ccc(C2(c3ccccc3)c3ccccc3-c3ccc(N(c4ccc(-c5ccc6oc7ccccc7c6c5)cc4)c4cccc5ccccc45)cc32)cc1. The topological polar surface area (TPSA) is 16.4 Å². The molecule has 1 aliphatic rings. The standard InChI is InChI=1S/C53H35NO/c1-3-16-39(17-4-1)53(40-18-5-2-6-19-40)48-23-11-9-21-44(48)45-32-31-42(35-49(45)53)54(50-24-13-15-37-14-7-8-20-43(37)50)41-29-26-36(27-30-41)38-28-33-52-47(34-38)46-22-10-12-25-51(46)55-52/h1-35H. The molecule has 55 heavy (non-hydrogen) atoms. The highest BCUT2D eigenvalue weighted by Gasteiger charge is 2.46. The third-order valence-corrected chi connectivity index (χ3v) is 11.5. The van der Waals surface area contributed by atoms with Crippen LogP contribution in [0.3, 0.4) is 0 Å². The van der Waals surface area contributed by atoms with E-state index in [1.54, 1.807) is 0 Å². The summed E-state index contributed by atoms with van der Waals surface area (Å²) < 4.78 is 6.14. The first-order chi connectivity index (χ1) is 27.3. The number of para-hydroxylation sites is 1. The molecule has 1 aliphatic carbocycles. The highest BCUT2D eigenvalue weighted by atomic mass is 16.3. The van der Waals surface area contributed by atoms with Crippen LogP contribution in [0.25, 0.3) is 55.0 Å². The Bertz CT molecular complexity index is 2990. The summed E-state index contributed by atoms with van der Waals surface area (Å²) in [5.41, 5.74) is 14.6. The van der Waals surface area contributed by atoms with Crippen LogP contribution in [-0.4, -0.2) is 0 Å². The van der Waals surface area contributed by atoms with Crippen molar-refractivity contribution >= 4 is 49.8 Å². The highest BCUT2D eigenvalue weighted by Crippen LogP contribution is 2.57. The van der Waals surface area contributed by atoms with Crippen molar-refractivity contribution in [2.24, 2.45) is 0 Å². The molecule has 0 aliphatic heterocycles. The zero-order chi connectivity index (χ0) is 36.3. The fourth-order valence-electron chi connectivity index (χ4n) is 9.11. The minimum absolute atomic E-state index is 0.491. The molecule has 1 heterocycles. The second-order valence-corrected chi connectivity index (χ2v) is 14.4. The number of rotatable bonds is 6. The lowest BCUT2D eigenvalue weighted by atomic mass is 9.67. The van der Waals surface area contributed by atoms with Gasteiger partial charge in [-0.15, -0.1) is 0 Å². The molecule has 9 aromatic carbocycles. The Balaban J connectivity index is 1.12. The van der Waals surface area contributed by atoms with Gasteiger partial charge in [0.1, 0.15) is 11.2 Å². The quantitative estimate of drug-likeness (QED) is 0.172. The lowest BCUT2D eigenvalue weighted by Crippen LogP contribution is -2.28. The van der Waals surface area contributed by atoms with Crippen LogP contribution < -0.4 is 4.90 Å². The lowest BCUT2D eigenvalue weighted by Gasteiger charge is -2.35. The van der Waals surface area contributed by atoms with Gasteiger partial charge in [0.25, 0.3) is 0 Å². The summed E-state index contributed by atoms with van der Waals surface area (Å²) in [6.07, 6.45) is 0. The zero-order valence-electron chi connectivity index (χ0n) is 30.1. The van der Waals surface area contributed by atoms with E-state index in [0.717, 1.165) is 50.1 Å². The van der Waals surface area contributed by atoms with E-state index < -0.39 is 5.41 Å². The van der Waals surface area contributed by atoms with Crippen molar-refractivity contribution in [2.45, 2.75) is 5.41 Å². The number of furan rings is 1. The van der Waals surface area contributed by atoms with Gasteiger partial charge in [0.2, 0.25) is 0 Å². The average Bonchev–Trinajstić information content (AvgIpc) is 3.78. The molecule has 0 saturated carbocycles.